The van der Waals surface area contributed by atoms with Gasteiger partial charge in [-0.3, -0.25) is 5.41 Å². The van der Waals surface area contributed by atoms with E-state index >= 15 is 0 Å². The molecule has 0 atom stereocenters. The minimum atomic E-state index is -0.237. The van der Waals surface area contributed by atoms with Gasteiger partial charge in [0.15, 0.2) is 0 Å². The third-order valence-corrected chi connectivity index (χ3v) is 2.10. The molecule has 0 aliphatic heterocycles. The number of aromatic nitrogens is 1. The molecule has 0 saturated heterocycles. The van der Waals surface area contributed by atoms with Gasteiger partial charge in [-0.2, -0.15) is 0 Å². The predicted molar refractivity (Wildman–Crippen MR) is 50.3 cm³/mol. The molecule has 6 heteroatoms. The molecule has 1 aromatic rings. The SMILES string of the molecule is N=C(N)c1nc(Cl)c(Cl)cc1Cl. The zero-order valence-electron chi connectivity index (χ0n) is 5.74. The maximum absolute atomic E-state index is 7.07. The average Bonchev–Trinajstić information content (AvgIpc) is 1.96. The first-order chi connectivity index (χ1) is 5.52. The molecule has 0 spiro atoms. The van der Waals surface area contributed by atoms with E-state index in [1.54, 1.807) is 0 Å². The Morgan fingerprint density at radius 3 is 2.42 bits per heavy atom. The quantitative estimate of drug-likeness (QED) is 0.437. The number of pyridine rings is 1. The topological polar surface area (TPSA) is 62.8 Å². The highest BCUT2D eigenvalue weighted by molar-refractivity contribution is 6.43. The fourth-order valence-electron chi connectivity index (χ4n) is 0.633. The van der Waals surface area contributed by atoms with Gasteiger partial charge in [-0.15, -0.1) is 0 Å². The zero-order valence-corrected chi connectivity index (χ0v) is 8.00. The van der Waals surface area contributed by atoms with Crippen LogP contribution in [0.3, 0.4) is 0 Å². The third-order valence-electron chi connectivity index (χ3n) is 1.14. The Balaban J connectivity index is 3.33. The Kier molecular flexibility index (Phi) is 2.77. The van der Waals surface area contributed by atoms with E-state index in [1.807, 2.05) is 0 Å². The molecule has 0 aliphatic rings. The summed E-state index contributed by atoms with van der Waals surface area (Å²) in [5.74, 6) is -0.237. The molecule has 1 heterocycles. The Hall–Kier alpha value is -0.510. The summed E-state index contributed by atoms with van der Waals surface area (Å²) in [5, 5.41) is 7.62. The summed E-state index contributed by atoms with van der Waals surface area (Å²) in [6, 6.07) is 1.40. The van der Waals surface area contributed by atoms with Crippen molar-refractivity contribution in [2.75, 3.05) is 0 Å². The molecule has 0 unspecified atom stereocenters. The molecular formula is C6H4Cl3N3. The molecule has 0 amide bonds. The van der Waals surface area contributed by atoms with Crippen LogP contribution >= 0.6 is 34.8 Å². The van der Waals surface area contributed by atoms with Crippen molar-refractivity contribution in [1.29, 1.82) is 5.41 Å². The molecular weight excluding hydrogens is 220 g/mol. The predicted octanol–water partition coefficient (Wildman–Crippen LogP) is 2.33. The van der Waals surface area contributed by atoms with Crippen molar-refractivity contribution in [3.8, 4) is 0 Å². The van der Waals surface area contributed by atoms with Crippen LogP contribution in [0.1, 0.15) is 5.69 Å². The van der Waals surface area contributed by atoms with E-state index in [4.69, 9.17) is 45.9 Å². The molecule has 64 valence electrons. The van der Waals surface area contributed by atoms with Gasteiger partial charge in [0, 0.05) is 0 Å². The summed E-state index contributed by atoms with van der Waals surface area (Å²) >= 11 is 16.8. The van der Waals surface area contributed by atoms with Crippen molar-refractivity contribution in [3.63, 3.8) is 0 Å². The van der Waals surface area contributed by atoms with Crippen molar-refractivity contribution in [3.05, 3.63) is 27.0 Å². The van der Waals surface area contributed by atoms with E-state index in [0.29, 0.717) is 0 Å². The van der Waals surface area contributed by atoms with Crippen molar-refractivity contribution in [2.24, 2.45) is 5.73 Å². The Morgan fingerprint density at radius 1 is 1.33 bits per heavy atom. The zero-order chi connectivity index (χ0) is 9.30. The van der Waals surface area contributed by atoms with Crippen molar-refractivity contribution in [2.45, 2.75) is 0 Å². The normalized spacial score (nSPS) is 9.92. The van der Waals surface area contributed by atoms with E-state index in [0.717, 1.165) is 0 Å². The standard InChI is InChI=1S/C6H4Cl3N3/c7-2-1-3(8)5(9)12-4(2)6(10)11/h1H,(H3,10,11). The van der Waals surface area contributed by atoms with Gasteiger partial charge in [0.05, 0.1) is 10.0 Å². The van der Waals surface area contributed by atoms with E-state index in [1.165, 1.54) is 6.07 Å². The molecule has 0 radical (unpaired) electrons. The highest BCUT2D eigenvalue weighted by Gasteiger charge is 2.09. The van der Waals surface area contributed by atoms with Crippen LogP contribution in [0, 0.1) is 5.41 Å². The first-order valence-corrected chi connectivity index (χ1v) is 4.01. The van der Waals surface area contributed by atoms with Gasteiger partial charge < -0.3 is 5.73 Å². The van der Waals surface area contributed by atoms with Gasteiger partial charge in [-0.1, -0.05) is 34.8 Å². The number of nitrogen functional groups attached to an aromatic ring is 1. The highest BCUT2D eigenvalue weighted by atomic mass is 35.5. The molecule has 0 aromatic carbocycles. The van der Waals surface area contributed by atoms with Crippen LogP contribution in [0.25, 0.3) is 0 Å². The van der Waals surface area contributed by atoms with E-state index in [2.05, 4.69) is 4.98 Å². The Labute approximate surface area is 84.0 Å². The van der Waals surface area contributed by atoms with Gasteiger partial charge >= 0.3 is 0 Å². The minimum absolute atomic E-state index is 0.0891. The number of nitrogens with two attached hydrogens (primary N) is 1. The fourth-order valence-corrected chi connectivity index (χ4v) is 1.23. The van der Waals surface area contributed by atoms with Crippen molar-refractivity contribution in [1.82, 2.24) is 4.98 Å². The van der Waals surface area contributed by atoms with Crippen molar-refractivity contribution < 1.29 is 0 Å². The molecule has 12 heavy (non-hydrogen) atoms. The monoisotopic (exact) mass is 223 g/mol. The van der Waals surface area contributed by atoms with Gasteiger partial charge in [0.1, 0.15) is 16.7 Å². The van der Waals surface area contributed by atoms with Crippen LogP contribution in [-0.4, -0.2) is 10.8 Å². The maximum atomic E-state index is 7.07. The van der Waals surface area contributed by atoms with Crippen LogP contribution in [-0.2, 0) is 0 Å². The maximum Gasteiger partial charge on any atom is 0.148 e. The lowest BCUT2D eigenvalue weighted by Gasteiger charge is -2.02. The summed E-state index contributed by atoms with van der Waals surface area (Å²) in [4.78, 5) is 3.72. The molecule has 0 saturated carbocycles. The van der Waals surface area contributed by atoms with E-state index in [9.17, 15) is 0 Å². The summed E-state index contributed by atoms with van der Waals surface area (Å²) < 4.78 is 0. The van der Waals surface area contributed by atoms with E-state index in [-0.39, 0.29) is 26.7 Å². The summed E-state index contributed by atoms with van der Waals surface area (Å²) in [7, 11) is 0. The smallest absolute Gasteiger partial charge is 0.148 e. The number of hydrogen-bond acceptors (Lipinski definition) is 2. The lowest BCUT2D eigenvalue weighted by atomic mass is 10.3. The molecule has 1 rings (SSSR count). The summed E-state index contributed by atoms with van der Waals surface area (Å²) in [6.07, 6.45) is 0. The minimum Gasteiger partial charge on any atom is -0.382 e. The van der Waals surface area contributed by atoms with Crippen LogP contribution in [0.2, 0.25) is 15.2 Å². The molecule has 0 fully saturated rings. The summed E-state index contributed by atoms with van der Waals surface area (Å²) in [6.45, 7) is 0. The molecule has 0 aliphatic carbocycles. The number of hydrogen-bond donors (Lipinski definition) is 2. The van der Waals surface area contributed by atoms with Gasteiger partial charge in [0.2, 0.25) is 0 Å². The second-order valence-electron chi connectivity index (χ2n) is 2.01. The van der Waals surface area contributed by atoms with Gasteiger partial charge in [-0.25, -0.2) is 4.98 Å². The second kappa shape index (κ2) is 3.47. The number of rotatable bonds is 1. The van der Waals surface area contributed by atoms with Crippen LogP contribution in [0.5, 0.6) is 0 Å². The number of amidine groups is 1. The molecule has 0 bridgehead atoms. The largest absolute Gasteiger partial charge is 0.382 e. The highest BCUT2D eigenvalue weighted by Crippen LogP contribution is 2.25. The Bertz CT molecular complexity index is 337. The molecule has 3 N–H and O–H groups in total. The molecule has 1 aromatic heterocycles. The first-order valence-electron chi connectivity index (χ1n) is 2.88. The van der Waals surface area contributed by atoms with Crippen LogP contribution < -0.4 is 5.73 Å². The Morgan fingerprint density at radius 2 is 1.92 bits per heavy atom. The van der Waals surface area contributed by atoms with Gasteiger partial charge in [0.25, 0.3) is 0 Å². The average molecular weight is 224 g/mol. The number of nitrogens with zero attached hydrogens (tertiary/aromatic N) is 1. The fraction of sp³-hybridized carbons (Fsp3) is 0. The first kappa shape index (κ1) is 9.58. The third kappa shape index (κ3) is 1.80. The number of nitrogens with one attached hydrogen (secondary N) is 1. The van der Waals surface area contributed by atoms with Crippen LogP contribution in [0.15, 0.2) is 6.07 Å². The number of halogens is 3. The van der Waals surface area contributed by atoms with Crippen molar-refractivity contribution >= 4 is 40.6 Å². The van der Waals surface area contributed by atoms with E-state index < -0.39 is 0 Å². The summed E-state index contributed by atoms with van der Waals surface area (Å²) in [5.41, 5.74) is 5.31. The lowest BCUT2D eigenvalue weighted by Crippen LogP contribution is -2.13. The van der Waals surface area contributed by atoms with Gasteiger partial charge in [-0.05, 0) is 6.07 Å². The lowest BCUT2D eigenvalue weighted by molar-refractivity contribution is 1.26. The second-order valence-corrected chi connectivity index (χ2v) is 3.18. The molecule has 3 nitrogen and oxygen atoms in total. The van der Waals surface area contributed by atoms with Crippen LogP contribution in [0.4, 0.5) is 0 Å².